The number of hydrogen-bond acceptors (Lipinski definition) is 3. The van der Waals surface area contributed by atoms with Crippen molar-refractivity contribution in [2.75, 3.05) is 0 Å². The van der Waals surface area contributed by atoms with Crippen LogP contribution in [0.1, 0.15) is 19.8 Å². The maximum atomic E-state index is 11.8. The average Bonchev–Trinajstić information content (AvgIpc) is 2.57. The topological polar surface area (TPSA) is 56.4 Å². The summed E-state index contributed by atoms with van der Waals surface area (Å²) in [6.07, 6.45) is 2.92. The zero-order chi connectivity index (χ0) is 11.5. The number of fused-ring (bicyclic) bond motifs is 1. The van der Waals surface area contributed by atoms with E-state index in [1.54, 1.807) is 24.4 Å². The highest BCUT2D eigenvalue weighted by atomic mass is 16.2. The Kier molecular flexibility index (Phi) is 2.85. The van der Waals surface area contributed by atoms with Crippen LogP contribution in [0.25, 0.3) is 5.65 Å². The summed E-state index contributed by atoms with van der Waals surface area (Å²) >= 11 is 0. The SMILES string of the molecule is CCCC(=O)Cn1nc2ccccn2c1=O. The van der Waals surface area contributed by atoms with E-state index in [2.05, 4.69) is 5.10 Å². The first-order valence-electron chi connectivity index (χ1n) is 5.28. The lowest BCUT2D eigenvalue weighted by Crippen LogP contribution is -2.24. The Hall–Kier alpha value is -1.91. The lowest BCUT2D eigenvalue weighted by atomic mass is 10.2. The van der Waals surface area contributed by atoms with Gasteiger partial charge in [-0.05, 0) is 18.6 Å². The number of carbonyl (C=O) groups excluding carboxylic acids is 1. The average molecular weight is 219 g/mol. The highest BCUT2D eigenvalue weighted by Crippen LogP contribution is 1.96. The van der Waals surface area contributed by atoms with Crippen molar-refractivity contribution in [3.05, 3.63) is 34.9 Å². The van der Waals surface area contributed by atoms with Crippen molar-refractivity contribution in [2.24, 2.45) is 0 Å². The Labute approximate surface area is 92.3 Å². The predicted molar refractivity (Wildman–Crippen MR) is 59.4 cm³/mol. The standard InChI is InChI=1S/C11H13N3O2/c1-2-5-9(15)8-14-11(16)13-7-4-3-6-10(13)12-14/h3-4,6-7H,2,5,8H2,1H3. The highest BCUT2D eigenvalue weighted by Gasteiger charge is 2.09. The maximum absolute atomic E-state index is 11.8. The fourth-order valence-electron chi connectivity index (χ4n) is 1.60. The van der Waals surface area contributed by atoms with Crippen molar-refractivity contribution in [2.45, 2.75) is 26.3 Å². The van der Waals surface area contributed by atoms with Crippen LogP contribution in [0.15, 0.2) is 29.2 Å². The second-order valence-electron chi connectivity index (χ2n) is 3.66. The number of nitrogens with zero attached hydrogens (tertiary/aromatic N) is 3. The summed E-state index contributed by atoms with van der Waals surface area (Å²) in [5, 5.41) is 4.08. The number of pyridine rings is 1. The minimum absolute atomic E-state index is 0.0352. The third-order valence-corrected chi connectivity index (χ3v) is 2.34. The first-order chi connectivity index (χ1) is 7.72. The number of hydrogen-bond donors (Lipinski definition) is 0. The van der Waals surface area contributed by atoms with E-state index >= 15 is 0 Å². The molecule has 0 bridgehead atoms. The molecule has 2 aromatic heterocycles. The molecule has 16 heavy (non-hydrogen) atoms. The van der Waals surface area contributed by atoms with Crippen molar-refractivity contribution in [3.8, 4) is 0 Å². The van der Waals surface area contributed by atoms with Gasteiger partial charge in [-0.15, -0.1) is 5.10 Å². The molecule has 5 heteroatoms. The largest absolute Gasteiger partial charge is 0.350 e. The first kappa shape index (κ1) is 10.6. The predicted octanol–water partition coefficient (Wildman–Crippen LogP) is 0.865. The zero-order valence-corrected chi connectivity index (χ0v) is 9.09. The molecule has 0 aromatic carbocycles. The van der Waals surface area contributed by atoms with Crippen LogP contribution in [0.3, 0.4) is 0 Å². The van der Waals surface area contributed by atoms with Gasteiger partial charge in [0.1, 0.15) is 6.54 Å². The Morgan fingerprint density at radius 3 is 2.94 bits per heavy atom. The summed E-state index contributed by atoms with van der Waals surface area (Å²) in [7, 11) is 0. The molecule has 0 saturated heterocycles. The van der Waals surface area contributed by atoms with Gasteiger partial charge in [0.05, 0.1) is 0 Å². The van der Waals surface area contributed by atoms with Gasteiger partial charge in [-0.25, -0.2) is 9.48 Å². The number of rotatable bonds is 4. The molecule has 0 unspecified atom stereocenters. The molecule has 2 rings (SSSR count). The van der Waals surface area contributed by atoms with Crippen LogP contribution in [-0.2, 0) is 11.3 Å². The zero-order valence-electron chi connectivity index (χ0n) is 9.09. The minimum atomic E-state index is -0.264. The molecular weight excluding hydrogens is 206 g/mol. The van der Waals surface area contributed by atoms with Crippen molar-refractivity contribution >= 4 is 11.4 Å². The van der Waals surface area contributed by atoms with E-state index in [1.165, 1.54) is 9.08 Å². The molecule has 0 aliphatic rings. The molecule has 0 spiro atoms. The van der Waals surface area contributed by atoms with Crippen LogP contribution in [-0.4, -0.2) is 20.0 Å². The van der Waals surface area contributed by atoms with Crippen LogP contribution in [0.2, 0.25) is 0 Å². The number of Topliss-reactive ketones (excluding diaryl/α,β-unsaturated/α-hetero) is 1. The number of carbonyl (C=O) groups is 1. The van der Waals surface area contributed by atoms with E-state index in [1.807, 2.05) is 6.92 Å². The number of aromatic nitrogens is 3. The fraction of sp³-hybridized carbons (Fsp3) is 0.364. The van der Waals surface area contributed by atoms with Crippen molar-refractivity contribution in [1.82, 2.24) is 14.2 Å². The Bertz CT molecular complexity index is 568. The Morgan fingerprint density at radius 1 is 1.44 bits per heavy atom. The van der Waals surface area contributed by atoms with Gasteiger partial charge in [0.2, 0.25) is 0 Å². The van der Waals surface area contributed by atoms with Gasteiger partial charge in [-0.3, -0.25) is 9.20 Å². The summed E-state index contributed by atoms with van der Waals surface area (Å²) in [5.41, 5.74) is 0.303. The molecule has 0 N–H and O–H groups in total. The molecule has 0 aliphatic carbocycles. The summed E-state index contributed by atoms with van der Waals surface area (Å²) in [6.45, 7) is 2.00. The molecule has 5 nitrogen and oxygen atoms in total. The first-order valence-corrected chi connectivity index (χ1v) is 5.28. The monoisotopic (exact) mass is 219 g/mol. The summed E-state index contributed by atoms with van der Waals surface area (Å²) in [4.78, 5) is 23.2. The van der Waals surface area contributed by atoms with Crippen LogP contribution >= 0.6 is 0 Å². The van der Waals surface area contributed by atoms with E-state index in [9.17, 15) is 9.59 Å². The smallest absolute Gasteiger partial charge is 0.298 e. The van der Waals surface area contributed by atoms with Gasteiger partial charge in [-0.1, -0.05) is 13.0 Å². The lowest BCUT2D eigenvalue weighted by molar-refractivity contribution is -0.119. The van der Waals surface area contributed by atoms with Gasteiger partial charge in [0.25, 0.3) is 0 Å². The van der Waals surface area contributed by atoms with Gasteiger partial charge in [0.15, 0.2) is 11.4 Å². The normalized spacial score (nSPS) is 10.8. The van der Waals surface area contributed by atoms with E-state index in [-0.39, 0.29) is 18.0 Å². The Morgan fingerprint density at radius 2 is 2.25 bits per heavy atom. The summed E-state index contributed by atoms with van der Waals surface area (Å²) in [5.74, 6) is 0.0352. The van der Waals surface area contributed by atoms with Crippen LogP contribution < -0.4 is 5.69 Å². The van der Waals surface area contributed by atoms with E-state index in [0.717, 1.165) is 6.42 Å². The molecule has 2 heterocycles. The van der Waals surface area contributed by atoms with E-state index < -0.39 is 0 Å². The minimum Gasteiger partial charge on any atom is -0.298 e. The van der Waals surface area contributed by atoms with Gasteiger partial charge in [-0.2, -0.15) is 0 Å². The molecule has 0 atom stereocenters. The van der Waals surface area contributed by atoms with Crippen LogP contribution in [0.5, 0.6) is 0 Å². The van der Waals surface area contributed by atoms with E-state index in [0.29, 0.717) is 12.1 Å². The molecule has 0 fully saturated rings. The van der Waals surface area contributed by atoms with Crippen molar-refractivity contribution in [3.63, 3.8) is 0 Å². The molecule has 0 amide bonds. The third kappa shape index (κ3) is 1.88. The number of ketones is 1. The molecular formula is C11H13N3O2. The van der Waals surface area contributed by atoms with Crippen molar-refractivity contribution < 1.29 is 4.79 Å². The summed E-state index contributed by atoms with van der Waals surface area (Å²) < 4.78 is 2.65. The second-order valence-corrected chi connectivity index (χ2v) is 3.66. The maximum Gasteiger partial charge on any atom is 0.350 e. The van der Waals surface area contributed by atoms with Gasteiger partial charge >= 0.3 is 5.69 Å². The van der Waals surface area contributed by atoms with Crippen LogP contribution in [0, 0.1) is 0 Å². The molecule has 2 aromatic rings. The van der Waals surface area contributed by atoms with Crippen LogP contribution in [0.4, 0.5) is 0 Å². The second kappa shape index (κ2) is 4.30. The Balaban J connectivity index is 2.35. The fourth-order valence-corrected chi connectivity index (χ4v) is 1.60. The van der Waals surface area contributed by atoms with Crippen molar-refractivity contribution in [1.29, 1.82) is 0 Å². The third-order valence-electron chi connectivity index (χ3n) is 2.34. The summed E-state index contributed by atoms with van der Waals surface area (Å²) in [6, 6.07) is 5.30. The van der Waals surface area contributed by atoms with Gasteiger partial charge < -0.3 is 0 Å². The quantitative estimate of drug-likeness (QED) is 0.766. The highest BCUT2D eigenvalue weighted by molar-refractivity contribution is 5.78. The molecule has 0 saturated carbocycles. The molecule has 84 valence electrons. The molecule has 0 radical (unpaired) electrons. The van der Waals surface area contributed by atoms with Gasteiger partial charge in [0, 0.05) is 12.6 Å². The molecule has 0 aliphatic heterocycles. The van der Waals surface area contributed by atoms with E-state index in [4.69, 9.17) is 0 Å². The lowest BCUT2D eigenvalue weighted by Gasteiger charge is -1.96.